The van der Waals surface area contributed by atoms with Gasteiger partial charge in [0.1, 0.15) is 17.8 Å². The summed E-state index contributed by atoms with van der Waals surface area (Å²) >= 11 is 5.14. The first-order valence-electron chi connectivity index (χ1n) is 8.59. The number of carbonyl (C=O) groups is 1. The van der Waals surface area contributed by atoms with E-state index in [1.54, 1.807) is 12.1 Å². The molecule has 1 aromatic carbocycles. The number of alkyl halides is 3. The lowest BCUT2D eigenvalue weighted by Crippen LogP contribution is -2.16. The van der Waals surface area contributed by atoms with Gasteiger partial charge < -0.3 is 0 Å². The highest BCUT2D eigenvalue weighted by Crippen LogP contribution is 2.32. The number of carbonyl (C=O) groups excluding carboxylic acids is 1. The maximum Gasteiger partial charge on any atom is 0.364 e. The molecule has 12 heteroatoms. The summed E-state index contributed by atoms with van der Waals surface area (Å²) < 4.78 is 42.6. The van der Waals surface area contributed by atoms with Crippen molar-refractivity contribution < 1.29 is 18.0 Å². The van der Waals surface area contributed by atoms with Crippen molar-refractivity contribution in [2.24, 2.45) is 0 Å². The summed E-state index contributed by atoms with van der Waals surface area (Å²) in [5.74, 6) is -1.06. The van der Waals surface area contributed by atoms with Crippen molar-refractivity contribution in [3.63, 3.8) is 0 Å². The Morgan fingerprint density at radius 1 is 1.20 bits per heavy atom. The number of aromatic nitrogens is 6. The highest BCUT2D eigenvalue weighted by Gasteiger charge is 2.32. The van der Waals surface area contributed by atoms with Gasteiger partial charge >= 0.3 is 5.38 Å². The van der Waals surface area contributed by atoms with Crippen molar-refractivity contribution in [1.29, 1.82) is 0 Å². The third-order valence-electron chi connectivity index (χ3n) is 4.10. The van der Waals surface area contributed by atoms with Crippen LogP contribution in [0.2, 0.25) is 0 Å². The Morgan fingerprint density at radius 2 is 1.93 bits per heavy atom. The number of hydrogen-bond acceptors (Lipinski definition) is 5. The fourth-order valence-electron chi connectivity index (χ4n) is 2.78. The highest BCUT2D eigenvalue weighted by atomic mass is 35.5. The van der Waals surface area contributed by atoms with Crippen LogP contribution >= 0.6 is 11.6 Å². The van der Waals surface area contributed by atoms with Crippen LogP contribution in [0.25, 0.3) is 5.65 Å². The molecule has 0 aliphatic rings. The molecule has 0 saturated heterocycles. The predicted octanol–water partition coefficient (Wildman–Crippen LogP) is 3.36. The molecular weight excluding hydrogens is 423 g/mol. The summed E-state index contributed by atoms with van der Waals surface area (Å²) in [6.07, 6.45) is 1.39. The average Bonchev–Trinajstić information content (AvgIpc) is 3.28. The van der Waals surface area contributed by atoms with Crippen molar-refractivity contribution in [2.75, 3.05) is 5.32 Å². The first-order valence-corrected chi connectivity index (χ1v) is 8.97. The fourth-order valence-corrected chi connectivity index (χ4v) is 2.92. The first-order chi connectivity index (χ1) is 14.2. The largest absolute Gasteiger partial charge is 0.364 e. The van der Waals surface area contributed by atoms with Gasteiger partial charge in [-0.25, -0.2) is 23.6 Å². The van der Waals surface area contributed by atoms with E-state index in [0.29, 0.717) is 12.2 Å². The summed E-state index contributed by atoms with van der Waals surface area (Å²) in [6.45, 7) is 1.84. The van der Waals surface area contributed by atoms with Gasteiger partial charge in [-0.1, -0.05) is 12.1 Å². The second-order valence-electron chi connectivity index (χ2n) is 6.43. The third kappa shape index (κ3) is 4.10. The van der Waals surface area contributed by atoms with E-state index in [2.05, 4.69) is 25.5 Å². The lowest BCUT2D eigenvalue weighted by molar-refractivity contribution is 0.0868. The highest BCUT2D eigenvalue weighted by molar-refractivity contribution is 6.21. The number of aryl methyl sites for hydroxylation is 1. The minimum absolute atomic E-state index is 0.00814. The molecule has 4 aromatic rings. The smallest absolute Gasteiger partial charge is 0.288 e. The summed E-state index contributed by atoms with van der Waals surface area (Å²) in [5.41, 5.74) is 0.365. The monoisotopic (exact) mass is 435 g/mol. The second kappa shape index (κ2) is 7.41. The molecule has 1 N–H and O–H groups in total. The topological polar surface area (TPSA) is 90.0 Å². The fraction of sp³-hybridized carbons (Fsp3) is 0.167. The van der Waals surface area contributed by atoms with Gasteiger partial charge in [0.05, 0.1) is 6.54 Å². The van der Waals surface area contributed by atoms with Crippen LogP contribution in [-0.4, -0.2) is 35.3 Å². The summed E-state index contributed by atoms with van der Waals surface area (Å²) in [7, 11) is 0. The lowest BCUT2D eigenvalue weighted by Gasteiger charge is -2.10. The van der Waals surface area contributed by atoms with E-state index in [1.807, 2.05) is 0 Å². The molecule has 0 unspecified atom stereocenters. The minimum atomic E-state index is -3.69. The van der Waals surface area contributed by atoms with Gasteiger partial charge in [-0.05, 0) is 42.3 Å². The molecule has 0 aliphatic carbocycles. The normalized spacial score (nSPS) is 11.8. The number of amides is 1. The molecule has 3 heterocycles. The van der Waals surface area contributed by atoms with Gasteiger partial charge in [-0.15, -0.1) is 5.10 Å². The molecule has 0 radical (unpaired) electrons. The summed E-state index contributed by atoms with van der Waals surface area (Å²) in [5, 5.41) is 6.74. The van der Waals surface area contributed by atoms with Crippen LogP contribution in [0.3, 0.4) is 0 Å². The average molecular weight is 436 g/mol. The molecule has 0 spiro atoms. The lowest BCUT2D eigenvalue weighted by atomic mass is 10.2. The number of fused-ring (bicyclic) bond motifs is 1. The van der Waals surface area contributed by atoms with E-state index in [0.717, 1.165) is 16.1 Å². The van der Waals surface area contributed by atoms with Crippen LogP contribution in [0.1, 0.15) is 27.4 Å². The standard InChI is InChI=1S/C18H13ClF3N7O/c1-10-6-14(18(19,21)22)29-15(24-10)7-13(26-29)16(30)25-17-23-9-28(27-17)8-11-2-4-12(20)5-3-11/h2-7,9H,8H2,1H3,(H,25,27,30). The van der Waals surface area contributed by atoms with Crippen LogP contribution in [0.4, 0.5) is 19.1 Å². The van der Waals surface area contributed by atoms with Crippen molar-refractivity contribution >= 4 is 29.1 Å². The zero-order valence-electron chi connectivity index (χ0n) is 15.4. The van der Waals surface area contributed by atoms with Crippen LogP contribution in [0.5, 0.6) is 0 Å². The maximum atomic E-state index is 13.7. The van der Waals surface area contributed by atoms with Gasteiger partial charge in [0, 0.05) is 11.8 Å². The molecule has 0 bridgehead atoms. The molecule has 3 aromatic heterocycles. The van der Waals surface area contributed by atoms with E-state index >= 15 is 0 Å². The van der Waals surface area contributed by atoms with E-state index < -0.39 is 17.0 Å². The van der Waals surface area contributed by atoms with Gasteiger partial charge in [-0.3, -0.25) is 10.1 Å². The molecule has 4 rings (SSSR count). The molecule has 0 atom stereocenters. The zero-order chi connectivity index (χ0) is 21.5. The van der Waals surface area contributed by atoms with E-state index in [1.165, 1.54) is 36.1 Å². The molecule has 1 amide bonds. The van der Waals surface area contributed by atoms with E-state index in [-0.39, 0.29) is 23.1 Å². The van der Waals surface area contributed by atoms with Crippen molar-refractivity contribution in [1.82, 2.24) is 29.4 Å². The first kappa shape index (κ1) is 19.8. The van der Waals surface area contributed by atoms with Gasteiger partial charge in [0.2, 0.25) is 5.95 Å². The molecule has 30 heavy (non-hydrogen) atoms. The summed E-state index contributed by atoms with van der Waals surface area (Å²) in [6, 6.07) is 8.20. The second-order valence-corrected chi connectivity index (χ2v) is 6.90. The Bertz CT molecular complexity index is 1230. The number of hydrogen-bond donors (Lipinski definition) is 1. The zero-order valence-corrected chi connectivity index (χ0v) is 16.1. The number of halogens is 4. The number of nitrogens with zero attached hydrogens (tertiary/aromatic N) is 6. The Kier molecular flexibility index (Phi) is 4.90. The molecule has 0 saturated carbocycles. The molecule has 8 nitrogen and oxygen atoms in total. The number of nitrogens with one attached hydrogen (secondary N) is 1. The van der Waals surface area contributed by atoms with Crippen LogP contribution in [0, 0.1) is 12.7 Å². The van der Waals surface area contributed by atoms with Gasteiger partial charge in [0.15, 0.2) is 11.3 Å². The number of anilines is 1. The number of rotatable bonds is 5. The van der Waals surface area contributed by atoms with E-state index in [9.17, 15) is 18.0 Å². The Balaban J connectivity index is 1.54. The third-order valence-corrected chi connectivity index (χ3v) is 4.29. The van der Waals surface area contributed by atoms with Crippen LogP contribution in [0.15, 0.2) is 42.7 Å². The molecule has 0 fully saturated rings. The SMILES string of the molecule is Cc1cc(C(F)(F)Cl)n2nc(C(=O)Nc3ncn(Cc4ccc(F)cc4)n3)cc2n1. The quantitative estimate of drug-likeness (QED) is 0.485. The van der Waals surface area contributed by atoms with Crippen LogP contribution in [-0.2, 0) is 11.9 Å². The van der Waals surface area contributed by atoms with E-state index in [4.69, 9.17) is 11.6 Å². The molecule has 154 valence electrons. The van der Waals surface area contributed by atoms with Crippen molar-refractivity contribution in [3.05, 3.63) is 71.2 Å². The van der Waals surface area contributed by atoms with Crippen LogP contribution < -0.4 is 5.32 Å². The van der Waals surface area contributed by atoms with Gasteiger partial charge in [0.25, 0.3) is 5.91 Å². The number of benzene rings is 1. The molecule has 0 aliphatic heterocycles. The Hall–Kier alpha value is -3.47. The Morgan fingerprint density at radius 3 is 2.63 bits per heavy atom. The predicted molar refractivity (Wildman–Crippen MR) is 101 cm³/mol. The van der Waals surface area contributed by atoms with Crippen molar-refractivity contribution in [2.45, 2.75) is 18.9 Å². The van der Waals surface area contributed by atoms with Crippen molar-refractivity contribution in [3.8, 4) is 0 Å². The van der Waals surface area contributed by atoms with Gasteiger partial charge in [-0.2, -0.15) is 13.9 Å². The summed E-state index contributed by atoms with van der Waals surface area (Å²) in [4.78, 5) is 20.5. The Labute approximate surface area is 172 Å². The molecular formula is C18H13ClF3N7O. The minimum Gasteiger partial charge on any atom is -0.288 e. The maximum absolute atomic E-state index is 13.7.